The zero-order chi connectivity index (χ0) is 19.8. The minimum atomic E-state index is -0.928. The molecule has 0 aliphatic carbocycles. The van der Waals surface area contributed by atoms with Gasteiger partial charge in [-0.1, -0.05) is 40.2 Å². The molecule has 3 rings (SSSR count). The number of carbonyl (C=O) groups excluding carboxylic acids is 3. The van der Waals surface area contributed by atoms with Crippen molar-refractivity contribution in [1.82, 2.24) is 10.2 Å². The van der Waals surface area contributed by atoms with Gasteiger partial charge in [0.05, 0.1) is 16.7 Å². The monoisotopic (exact) mass is 430 g/mol. The Morgan fingerprint density at radius 3 is 2.33 bits per heavy atom. The summed E-state index contributed by atoms with van der Waals surface area (Å²) in [6, 6.07) is 12.1. The second kappa shape index (κ2) is 7.25. The lowest BCUT2D eigenvalue weighted by molar-refractivity contribution is -0.121. The van der Waals surface area contributed by atoms with Gasteiger partial charge in [0.25, 0.3) is 11.8 Å². The minimum Gasteiger partial charge on any atom is -0.386 e. The Morgan fingerprint density at radius 2 is 1.70 bits per heavy atom. The van der Waals surface area contributed by atoms with Crippen LogP contribution in [-0.4, -0.2) is 34.3 Å². The summed E-state index contributed by atoms with van der Waals surface area (Å²) in [4.78, 5) is 37.9. The third-order valence-electron chi connectivity index (χ3n) is 4.38. The van der Waals surface area contributed by atoms with Crippen molar-refractivity contribution in [1.29, 1.82) is 0 Å². The van der Waals surface area contributed by atoms with E-state index in [0.717, 1.165) is 16.0 Å². The van der Waals surface area contributed by atoms with Crippen LogP contribution >= 0.6 is 15.9 Å². The standard InChI is InChI=1S/C20H19BrN2O4/c1-20(2,27)13-5-3-12(4-6-13)10-22-17(24)11-23-18(25)15-8-7-14(21)9-16(15)19(23)26/h3-9,27H,10-11H2,1-2H3,(H,22,24). The van der Waals surface area contributed by atoms with Crippen molar-refractivity contribution < 1.29 is 19.5 Å². The molecule has 2 aromatic rings. The van der Waals surface area contributed by atoms with Gasteiger partial charge in [-0.3, -0.25) is 19.3 Å². The smallest absolute Gasteiger partial charge is 0.262 e. The van der Waals surface area contributed by atoms with Gasteiger partial charge in [0.1, 0.15) is 6.54 Å². The molecule has 7 heteroatoms. The Bertz CT molecular complexity index is 917. The van der Waals surface area contributed by atoms with Crippen molar-refractivity contribution in [3.8, 4) is 0 Å². The van der Waals surface area contributed by atoms with E-state index in [2.05, 4.69) is 21.2 Å². The van der Waals surface area contributed by atoms with Crippen molar-refractivity contribution in [2.75, 3.05) is 6.54 Å². The SMILES string of the molecule is CC(C)(O)c1ccc(CNC(=O)CN2C(=O)c3ccc(Br)cc3C2=O)cc1. The number of halogens is 1. The highest BCUT2D eigenvalue weighted by Crippen LogP contribution is 2.25. The quantitative estimate of drug-likeness (QED) is 0.713. The Balaban J connectivity index is 1.60. The molecule has 0 unspecified atom stereocenters. The molecule has 0 aromatic heterocycles. The molecular formula is C20H19BrN2O4. The maximum absolute atomic E-state index is 12.4. The maximum Gasteiger partial charge on any atom is 0.262 e. The zero-order valence-corrected chi connectivity index (χ0v) is 16.5. The summed E-state index contributed by atoms with van der Waals surface area (Å²) in [6.07, 6.45) is 0. The average Bonchev–Trinajstić information content (AvgIpc) is 2.84. The Labute approximate surface area is 165 Å². The number of benzene rings is 2. The molecule has 0 radical (unpaired) electrons. The summed E-state index contributed by atoms with van der Waals surface area (Å²) in [5.74, 6) is -1.36. The fraction of sp³-hybridized carbons (Fsp3) is 0.250. The average molecular weight is 431 g/mol. The number of aliphatic hydroxyl groups is 1. The van der Waals surface area contributed by atoms with Crippen LogP contribution in [0.25, 0.3) is 0 Å². The first kappa shape index (κ1) is 19.3. The van der Waals surface area contributed by atoms with E-state index in [1.807, 2.05) is 12.1 Å². The Hall–Kier alpha value is -2.51. The van der Waals surface area contributed by atoms with E-state index in [4.69, 9.17) is 0 Å². The third-order valence-corrected chi connectivity index (χ3v) is 4.88. The Morgan fingerprint density at radius 1 is 1.07 bits per heavy atom. The van der Waals surface area contributed by atoms with E-state index in [0.29, 0.717) is 15.6 Å². The molecule has 0 atom stereocenters. The van der Waals surface area contributed by atoms with Crippen LogP contribution in [0.5, 0.6) is 0 Å². The fourth-order valence-corrected chi connectivity index (χ4v) is 3.20. The number of nitrogens with one attached hydrogen (secondary N) is 1. The molecule has 6 nitrogen and oxygen atoms in total. The lowest BCUT2D eigenvalue weighted by Crippen LogP contribution is -2.40. The first-order valence-corrected chi connectivity index (χ1v) is 9.20. The summed E-state index contributed by atoms with van der Waals surface area (Å²) < 4.78 is 0.697. The van der Waals surface area contributed by atoms with E-state index in [1.165, 1.54) is 0 Å². The van der Waals surface area contributed by atoms with E-state index in [9.17, 15) is 19.5 Å². The van der Waals surface area contributed by atoms with Gasteiger partial charge < -0.3 is 10.4 Å². The number of amides is 3. The number of hydrogen-bond acceptors (Lipinski definition) is 4. The van der Waals surface area contributed by atoms with Crippen LogP contribution in [0.1, 0.15) is 45.7 Å². The first-order chi connectivity index (χ1) is 12.7. The molecule has 0 spiro atoms. The number of rotatable bonds is 5. The first-order valence-electron chi connectivity index (χ1n) is 8.41. The van der Waals surface area contributed by atoms with Gasteiger partial charge in [0, 0.05) is 11.0 Å². The molecule has 2 aromatic carbocycles. The van der Waals surface area contributed by atoms with Crippen LogP contribution in [0.3, 0.4) is 0 Å². The summed E-state index contributed by atoms with van der Waals surface area (Å²) in [5.41, 5.74) is 1.29. The van der Waals surface area contributed by atoms with Gasteiger partial charge >= 0.3 is 0 Å². The second-order valence-corrected chi connectivity index (χ2v) is 7.83. The number of hydrogen-bond donors (Lipinski definition) is 2. The maximum atomic E-state index is 12.4. The predicted molar refractivity (Wildman–Crippen MR) is 103 cm³/mol. The molecule has 1 aliphatic heterocycles. The van der Waals surface area contributed by atoms with Gasteiger partial charge in [-0.25, -0.2) is 0 Å². The molecule has 27 heavy (non-hydrogen) atoms. The number of nitrogens with zero attached hydrogens (tertiary/aromatic N) is 1. The third kappa shape index (κ3) is 4.09. The Kier molecular flexibility index (Phi) is 5.17. The van der Waals surface area contributed by atoms with Gasteiger partial charge in [0.15, 0.2) is 0 Å². The van der Waals surface area contributed by atoms with Gasteiger partial charge in [-0.2, -0.15) is 0 Å². The molecule has 1 aliphatic rings. The van der Waals surface area contributed by atoms with Gasteiger partial charge in [-0.15, -0.1) is 0 Å². The molecule has 3 amide bonds. The minimum absolute atomic E-state index is 0.264. The highest BCUT2D eigenvalue weighted by atomic mass is 79.9. The highest BCUT2D eigenvalue weighted by Gasteiger charge is 2.36. The topological polar surface area (TPSA) is 86.7 Å². The van der Waals surface area contributed by atoms with Gasteiger partial charge in [0.2, 0.25) is 5.91 Å². The molecule has 0 fully saturated rings. The molecule has 0 saturated carbocycles. The predicted octanol–water partition coefficient (Wildman–Crippen LogP) is 2.59. The van der Waals surface area contributed by atoms with Crippen molar-refractivity contribution >= 4 is 33.7 Å². The molecule has 0 saturated heterocycles. The second-order valence-electron chi connectivity index (χ2n) is 6.92. The molecule has 0 bridgehead atoms. The highest BCUT2D eigenvalue weighted by molar-refractivity contribution is 9.10. The van der Waals surface area contributed by atoms with Gasteiger partial charge in [-0.05, 0) is 43.2 Å². The lowest BCUT2D eigenvalue weighted by atomic mass is 9.97. The molecule has 2 N–H and O–H groups in total. The van der Waals surface area contributed by atoms with Crippen LogP contribution in [0.4, 0.5) is 0 Å². The molecular weight excluding hydrogens is 412 g/mol. The lowest BCUT2D eigenvalue weighted by Gasteiger charge is -2.18. The number of carbonyl (C=O) groups is 3. The van der Waals surface area contributed by atoms with E-state index in [1.54, 1.807) is 44.2 Å². The van der Waals surface area contributed by atoms with Crippen LogP contribution < -0.4 is 5.32 Å². The van der Waals surface area contributed by atoms with E-state index in [-0.39, 0.29) is 13.1 Å². The fourth-order valence-electron chi connectivity index (χ4n) is 2.84. The van der Waals surface area contributed by atoms with Crippen molar-refractivity contribution in [2.24, 2.45) is 0 Å². The van der Waals surface area contributed by atoms with E-state index < -0.39 is 23.3 Å². The van der Waals surface area contributed by atoms with Crippen LogP contribution in [0.2, 0.25) is 0 Å². The summed E-state index contributed by atoms with van der Waals surface area (Å²) in [6.45, 7) is 3.33. The molecule has 1 heterocycles. The van der Waals surface area contributed by atoms with Crippen LogP contribution in [0.15, 0.2) is 46.9 Å². The van der Waals surface area contributed by atoms with Crippen LogP contribution in [-0.2, 0) is 16.9 Å². The summed E-state index contributed by atoms with van der Waals surface area (Å²) in [5, 5.41) is 12.7. The van der Waals surface area contributed by atoms with Crippen molar-refractivity contribution in [3.05, 3.63) is 69.2 Å². The summed E-state index contributed by atoms with van der Waals surface area (Å²) in [7, 11) is 0. The normalized spacial score (nSPS) is 13.7. The number of fused-ring (bicyclic) bond motifs is 1. The van der Waals surface area contributed by atoms with Crippen molar-refractivity contribution in [3.63, 3.8) is 0 Å². The van der Waals surface area contributed by atoms with Crippen molar-refractivity contribution in [2.45, 2.75) is 26.0 Å². The molecule has 140 valence electrons. The van der Waals surface area contributed by atoms with Crippen LogP contribution in [0, 0.1) is 0 Å². The zero-order valence-electron chi connectivity index (χ0n) is 15.0. The number of imide groups is 1. The summed E-state index contributed by atoms with van der Waals surface area (Å²) >= 11 is 3.27. The largest absolute Gasteiger partial charge is 0.386 e. The van der Waals surface area contributed by atoms with E-state index >= 15 is 0 Å².